The van der Waals surface area contributed by atoms with Gasteiger partial charge in [-0.05, 0) is 43.9 Å². The molecule has 3 heteroatoms. The fraction of sp³-hybridized carbons (Fsp3) is 0.500. The summed E-state index contributed by atoms with van der Waals surface area (Å²) in [6, 6.07) is 0. The molecular weight excluding hydrogens is 214 g/mol. The first-order chi connectivity index (χ1) is 8.24. The van der Waals surface area contributed by atoms with E-state index in [-0.39, 0.29) is 5.78 Å². The van der Waals surface area contributed by atoms with Gasteiger partial charge in [-0.15, -0.1) is 0 Å². The van der Waals surface area contributed by atoms with Gasteiger partial charge in [0, 0.05) is 24.9 Å². The fourth-order valence-electron chi connectivity index (χ4n) is 3.04. The van der Waals surface area contributed by atoms with Crippen LogP contribution in [0.5, 0.6) is 0 Å². The third kappa shape index (κ3) is 1.42. The maximum atomic E-state index is 12.3. The standard InChI is InChI=1S/C14H17NO2/c1-9-10-5-3-4-8-15(10)11-6-7-12(17-2)14(16)13(9)11/h6-7,12H,3-5,8H2,1-2H3. The summed E-state index contributed by atoms with van der Waals surface area (Å²) in [5.41, 5.74) is 4.49. The molecule has 0 spiro atoms. The summed E-state index contributed by atoms with van der Waals surface area (Å²) >= 11 is 0. The van der Waals surface area contributed by atoms with E-state index in [9.17, 15) is 4.79 Å². The smallest absolute Gasteiger partial charge is 0.197 e. The van der Waals surface area contributed by atoms with Gasteiger partial charge in [0.2, 0.25) is 0 Å². The molecule has 2 aliphatic rings. The van der Waals surface area contributed by atoms with Gasteiger partial charge in [0.1, 0.15) is 6.10 Å². The van der Waals surface area contributed by atoms with Gasteiger partial charge in [-0.3, -0.25) is 4.79 Å². The van der Waals surface area contributed by atoms with Crippen LogP contribution >= 0.6 is 0 Å². The normalized spacial score (nSPS) is 22.5. The number of aromatic nitrogens is 1. The van der Waals surface area contributed by atoms with Gasteiger partial charge in [-0.2, -0.15) is 0 Å². The molecule has 0 bridgehead atoms. The van der Waals surface area contributed by atoms with E-state index >= 15 is 0 Å². The summed E-state index contributed by atoms with van der Waals surface area (Å²) in [5, 5.41) is 0. The lowest BCUT2D eigenvalue weighted by Crippen LogP contribution is -2.24. The number of Topliss-reactive ketones (excluding diaryl/α,β-unsaturated/α-hetero) is 1. The average Bonchev–Trinajstić information content (AvgIpc) is 2.65. The molecule has 1 aromatic heterocycles. The zero-order valence-corrected chi connectivity index (χ0v) is 10.3. The molecule has 1 unspecified atom stereocenters. The number of ether oxygens (including phenoxy) is 1. The average molecular weight is 231 g/mol. The van der Waals surface area contributed by atoms with Crippen molar-refractivity contribution in [2.45, 2.75) is 38.8 Å². The molecule has 17 heavy (non-hydrogen) atoms. The van der Waals surface area contributed by atoms with Crippen molar-refractivity contribution in [1.29, 1.82) is 0 Å². The molecular formula is C14H17NO2. The molecule has 0 fully saturated rings. The number of nitrogens with zero attached hydrogens (tertiary/aromatic N) is 1. The monoisotopic (exact) mass is 231 g/mol. The zero-order valence-electron chi connectivity index (χ0n) is 10.3. The number of methoxy groups -OCH3 is 1. The Labute approximate surface area is 101 Å². The summed E-state index contributed by atoms with van der Waals surface area (Å²) in [6.45, 7) is 3.11. The van der Waals surface area contributed by atoms with Gasteiger partial charge in [0.25, 0.3) is 0 Å². The van der Waals surface area contributed by atoms with E-state index in [2.05, 4.69) is 11.5 Å². The van der Waals surface area contributed by atoms with Crippen molar-refractivity contribution in [2.24, 2.45) is 0 Å². The minimum atomic E-state index is -0.398. The van der Waals surface area contributed by atoms with Crippen LogP contribution in [0.25, 0.3) is 6.08 Å². The summed E-state index contributed by atoms with van der Waals surface area (Å²) < 4.78 is 7.52. The van der Waals surface area contributed by atoms with Crippen LogP contribution in [-0.4, -0.2) is 23.6 Å². The summed E-state index contributed by atoms with van der Waals surface area (Å²) in [5.74, 6) is 0.115. The molecule has 3 nitrogen and oxygen atoms in total. The third-order valence-corrected chi connectivity index (χ3v) is 3.91. The fourth-order valence-corrected chi connectivity index (χ4v) is 3.04. The van der Waals surface area contributed by atoms with Crippen LogP contribution in [-0.2, 0) is 17.7 Å². The van der Waals surface area contributed by atoms with Crippen LogP contribution in [0.2, 0.25) is 0 Å². The minimum absolute atomic E-state index is 0.115. The maximum absolute atomic E-state index is 12.3. The van der Waals surface area contributed by atoms with Crippen LogP contribution in [0.15, 0.2) is 6.08 Å². The minimum Gasteiger partial charge on any atom is -0.369 e. The maximum Gasteiger partial charge on any atom is 0.197 e. The lowest BCUT2D eigenvalue weighted by molar-refractivity contribution is 0.0716. The quantitative estimate of drug-likeness (QED) is 0.743. The van der Waals surface area contributed by atoms with Crippen LogP contribution < -0.4 is 0 Å². The molecule has 0 N–H and O–H groups in total. The molecule has 0 saturated carbocycles. The van der Waals surface area contributed by atoms with Crippen molar-refractivity contribution in [3.05, 3.63) is 28.6 Å². The Balaban J connectivity index is 2.19. The number of carbonyl (C=O) groups excluding carboxylic acids is 1. The Kier molecular flexibility index (Phi) is 2.44. The Bertz CT molecular complexity index is 511. The van der Waals surface area contributed by atoms with Crippen LogP contribution in [0.3, 0.4) is 0 Å². The highest BCUT2D eigenvalue weighted by molar-refractivity contribution is 6.07. The molecule has 2 heterocycles. The van der Waals surface area contributed by atoms with Crippen LogP contribution in [0.1, 0.15) is 40.2 Å². The molecule has 1 aromatic rings. The van der Waals surface area contributed by atoms with Gasteiger partial charge < -0.3 is 9.30 Å². The highest BCUT2D eigenvalue weighted by atomic mass is 16.5. The van der Waals surface area contributed by atoms with Crippen LogP contribution in [0.4, 0.5) is 0 Å². The molecule has 1 aliphatic heterocycles. The Morgan fingerprint density at radius 2 is 2.24 bits per heavy atom. The van der Waals surface area contributed by atoms with Crippen LogP contribution in [0, 0.1) is 6.92 Å². The predicted octanol–water partition coefficient (Wildman–Crippen LogP) is 2.36. The van der Waals surface area contributed by atoms with E-state index < -0.39 is 6.10 Å². The lowest BCUT2D eigenvalue weighted by Gasteiger charge is -2.19. The molecule has 0 amide bonds. The SMILES string of the molecule is COC1C=Cc2c(c(C)c3n2CCCC3)C1=O. The van der Waals surface area contributed by atoms with Gasteiger partial charge in [0.15, 0.2) is 5.78 Å². The van der Waals surface area contributed by atoms with Gasteiger partial charge in [-0.1, -0.05) is 0 Å². The Morgan fingerprint density at radius 1 is 1.41 bits per heavy atom. The van der Waals surface area contributed by atoms with E-state index in [1.54, 1.807) is 7.11 Å². The summed E-state index contributed by atoms with van der Waals surface area (Å²) in [6.07, 6.45) is 7.06. The first kappa shape index (κ1) is 10.8. The molecule has 1 aliphatic carbocycles. The van der Waals surface area contributed by atoms with E-state index in [1.807, 2.05) is 12.2 Å². The Morgan fingerprint density at radius 3 is 3.00 bits per heavy atom. The van der Waals surface area contributed by atoms with Crippen molar-refractivity contribution >= 4 is 11.9 Å². The second kappa shape index (κ2) is 3.84. The first-order valence-electron chi connectivity index (χ1n) is 6.21. The summed E-state index contributed by atoms with van der Waals surface area (Å²) in [7, 11) is 1.59. The zero-order chi connectivity index (χ0) is 12.0. The van der Waals surface area contributed by atoms with E-state index in [4.69, 9.17) is 4.74 Å². The van der Waals surface area contributed by atoms with Gasteiger partial charge in [-0.25, -0.2) is 0 Å². The topological polar surface area (TPSA) is 31.2 Å². The largest absolute Gasteiger partial charge is 0.369 e. The molecule has 0 aromatic carbocycles. The van der Waals surface area contributed by atoms with Gasteiger partial charge in [0.05, 0.1) is 5.69 Å². The number of ketones is 1. The number of fused-ring (bicyclic) bond motifs is 3. The number of hydrogen-bond donors (Lipinski definition) is 0. The molecule has 0 saturated heterocycles. The van der Waals surface area contributed by atoms with Crippen molar-refractivity contribution < 1.29 is 9.53 Å². The number of carbonyl (C=O) groups is 1. The third-order valence-electron chi connectivity index (χ3n) is 3.91. The summed E-state index contributed by atoms with van der Waals surface area (Å²) in [4.78, 5) is 12.3. The first-order valence-corrected chi connectivity index (χ1v) is 6.21. The van der Waals surface area contributed by atoms with E-state index in [0.717, 1.165) is 29.8 Å². The van der Waals surface area contributed by atoms with Crippen molar-refractivity contribution in [3.63, 3.8) is 0 Å². The predicted molar refractivity (Wildman–Crippen MR) is 66.3 cm³/mol. The number of hydrogen-bond acceptors (Lipinski definition) is 2. The molecule has 1 atom stereocenters. The van der Waals surface area contributed by atoms with Crippen molar-refractivity contribution in [1.82, 2.24) is 4.57 Å². The Hall–Kier alpha value is -1.35. The number of rotatable bonds is 1. The highest BCUT2D eigenvalue weighted by Crippen LogP contribution is 2.32. The van der Waals surface area contributed by atoms with Crippen molar-refractivity contribution in [2.75, 3.05) is 7.11 Å². The molecule has 3 rings (SSSR count). The lowest BCUT2D eigenvalue weighted by atomic mass is 9.96. The molecule has 90 valence electrons. The van der Waals surface area contributed by atoms with Gasteiger partial charge >= 0.3 is 0 Å². The second-order valence-corrected chi connectivity index (χ2v) is 4.82. The van der Waals surface area contributed by atoms with E-state index in [0.29, 0.717) is 0 Å². The van der Waals surface area contributed by atoms with Crippen molar-refractivity contribution in [3.8, 4) is 0 Å². The highest BCUT2D eigenvalue weighted by Gasteiger charge is 2.31. The second-order valence-electron chi connectivity index (χ2n) is 4.82. The molecule has 0 radical (unpaired) electrons. The van der Waals surface area contributed by atoms with E-state index in [1.165, 1.54) is 18.5 Å².